The van der Waals surface area contributed by atoms with Crippen LogP contribution in [0.2, 0.25) is 0 Å². The number of carbonyl (C=O) groups is 2. The second-order valence-corrected chi connectivity index (χ2v) is 7.47. The fourth-order valence-electron chi connectivity index (χ4n) is 3.44. The van der Waals surface area contributed by atoms with E-state index in [4.69, 9.17) is 0 Å². The van der Waals surface area contributed by atoms with E-state index in [1.807, 2.05) is 48.5 Å². The van der Waals surface area contributed by atoms with E-state index in [0.717, 1.165) is 44.7 Å². The third-order valence-electron chi connectivity index (χ3n) is 5.25. The van der Waals surface area contributed by atoms with Gasteiger partial charge >= 0.3 is 0 Å². The van der Waals surface area contributed by atoms with Crippen LogP contribution < -0.4 is 10.6 Å². The summed E-state index contributed by atoms with van der Waals surface area (Å²) in [6.45, 7) is 5.90. The average molecular weight is 395 g/mol. The quantitative estimate of drug-likeness (QED) is 0.672. The molecule has 1 heterocycles. The van der Waals surface area contributed by atoms with E-state index in [1.54, 1.807) is 12.1 Å². The Morgan fingerprint density at radius 2 is 1.55 bits per heavy atom. The lowest BCUT2D eigenvalue weighted by Crippen LogP contribution is -2.45. The molecule has 0 radical (unpaired) electrons. The monoisotopic (exact) mass is 394 g/mol. The number of piperazine rings is 1. The summed E-state index contributed by atoms with van der Waals surface area (Å²) in [5.74, 6) is -0.439. The van der Waals surface area contributed by atoms with Crippen LogP contribution in [0.25, 0.3) is 0 Å². The van der Waals surface area contributed by atoms with Crippen molar-refractivity contribution >= 4 is 11.8 Å². The van der Waals surface area contributed by atoms with Gasteiger partial charge in [-0.15, -0.1) is 0 Å². The molecule has 1 saturated heterocycles. The van der Waals surface area contributed by atoms with Crippen LogP contribution in [-0.2, 0) is 4.79 Å². The third-order valence-corrected chi connectivity index (χ3v) is 5.25. The van der Waals surface area contributed by atoms with Gasteiger partial charge in [-0.25, -0.2) is 0 Å². The van der Waals surface area contributed by atoms with E-state index in [9.17, 15) is 9.59 Å². The SMILES string of the molecule is CN1CCN(CCCNC(=O)C(NC(=O)c2ccccc2)c2ccccc2)CC1. The Hall–Kier alpha value is -2.70. The van der Waals surface area contributed by atoms with Gasteiger partial charge in [0, 0.05) is 38.3 Å². The molecule has 1 unspecified atom stereocenters. The first-order valence-electron chi connectivity index (χ1n) is 10.2. The summed E-state index contributed by atoms with van der Waals surface area (Å²) in [4.78, 5) is 30.2. The van der Waals surface area contributed by atoms with Crippen LogP contribution in [0.5, 0.6) is 0 Å². The molecule has 2 aromatic carbocycles. The molecule has 0 spiro atoms. The van der Waals surface area contributed by atoms with Gasteiger partial charge in [0.2, 0.25) is 5.91 Å². The molecule has 0 aromatic heterocycles. The molecule has 2 N–H and O–H groups in total. The zero-order valence-electron chi connectivity index (χ0n) is 17.0. The number of hydrogen-bond acceptors (Lipinski definition) is 4. The van der Waals surface area contributed by atoms with Crippen LogP contribution in [0, 0.1) is 0 Å². The molecule has 1 fully saturated rings. The van der Waals surface area contributed by atoms with E-state index >= 15 is 0 Å². The average Bonchev–Trinajstić information content (AvgIpc) is 2.77. The van der Waals surface area contributed by atoms with Crippen LogP contribution in [0.3, 0.4) is 0 Å². The van der Waals surface area contributed by atoms with Gasteiger partial charge in [-0.3, -0.25) is 9.59 Å². The maximum absolute atomic E-state index is 12.9. The fourth-order valence-corrected chi connectivity index (χ4v) is 3.44. The van der Waals surface area contributed by atoms with Gasteiger partial charge in [-0.05, 0) is 37.7 Å². The first-order chi connectivity index (χ1) is 14.1. The lowest BCUT2D eigenvalue weighted by molar-refractivity contribution is -0.123. The lowest BCUT2D eigenvalue weighted by Gasteiger charge is -2.32. The van der Waals surface area contributed by atoms with Gasteiger partial charge in [0.25, 0.3) is 5.91 Å². The van der Waals surface area contributed by atoms with Crippen molar-refractivity contribution in [2.24, 2.45) is 0 Å². The number of hydrogen-bond donors (Lipinski definition) is 2. The molecule has 0 aliphatic carbocycles. The molecule has 29 heavy (non-hydrogen) atoms. The predicted molar refractivity (Wildman–Crippen MR) is 115 cm³/mol. The van der Waals surface area contributed by atoms with Crippen LogP contribution in [0.1, 0.15) is 28.4 Å². The summed E-state index contributed by atoms with van der Waals surface area (Å²) < 4.78 is 0. The Morgan fingerprint density at radius 1 is 0.931 bits per heavy atom. The summed E-state index contributed by atoms with van der Waals surface area (Å²) in [5, 5.41) is 5.87. The fraction of sp³-hybridized carbons (Fsp3) is 0.391. The molecule has 2 amide bonds. The van der Waals surface area contributed by atoms with Crippen molar-refractivity contribution in [2.75, 3.05) is 46.3 Å². The van der Waals surface area contributed by atoms with Gasteiger partial charge < -0.3 is 20.4 Å². The molecular formula is C23H30N4O2. The molecule has 6 heteroatoms. The molecular weight excluding hydrogens is 364 g/mol. The van der Waals surface area contributed by atoms with E-state index in [-0.39, 0.29) is 11.8 Å². The predicted octanol–water partition coefficient (Wildman–Crippen LogP) is 1.91. The summed E-state index contributed by atoms with van der Waals surface area (Å²) >= 11 is 0. The molecule has 0 saturated carbocycles. The Bertz CT molecular complexity index is 774. The first kappa shape index (κ1) is 21.0. The summed E-state index contributed by atoms with van der Waals surface area (Å²) in [6.07, 6.45) is 0.892. The second kappa shape index (κ2) is 10.7. The second-order valence-electron chi connectivity index (χ2n) is 7.47. The highest BCUT2D eigenvalue weighted by molar-refractivity contribution is 5.97. The third kappa shape index (κ3) is 6.41. The number of nitrogens with one attached hydrogen (secondary N) is 2. The van der Waals surface area contributed by atoms with Crippen molar-refractivity contribution in [3.63, 3.8) is 0 Å². The van der Waals surface area contributed by atoms with E-state index in [0.29, 0.717) is 12.1 Å². The van der Waals surface area contributed by atoms with Crippen molar-refractivity contribution in [2.45, 2.75) is 12.5 Å². The van der Waals surface area contributed by atoms with Crippen LogP contribution in [-0.4, -0.2) is 67.9 Å². The topological polar surface area (TPSA) is 64.7 Å². The number of carbonyl (C=O) groups excluding carboxylic acids is 2. The standard InChI is InChI=1S/C23H30N4O2/c1-26-15-17-27(18-16-26)14-8-13-24-23(29)21(19-9-4-2-5-10-19)25-22(28)20-11-6-3-7-12-20/h2-7,9-12,21H,8,13-18H2,1H3,(H,24,29)(H,25,28). The molecule has 6 nitrogen and oxygen atoms in total. The van der Waals surface area contributed by atoms with Crippen LogP contribution >= 0.6 is 0 Å². The zero-order valence-corrected chi connectivity index (χ0v) is 17.0. The molecule has 3 rings (SSSR count). The number of benzene rings is 2. The minimum atomic E-state index is -0.715. The van der Waals surface area contributed by atoms with E-state index in [2.05, 4.69) is 27.5 Å². The van der Waals surface area contributed by atoms with Crippen molar-refractivity contribution in [3.8, 4) is 0 Å². The van der Waals surface area contributed by atoms with Crippen molar-refractivity contribution < 1.29 is 9.59 Å². The highest BCUT2D eigenvalue weighted by Gasteiger charge is 2.23. The molecule has 1 aliphatic heterocycles. The lowest BCUT2D eigenvalue weighted by atomic mass is 10.1. The summed E-state index contributed by atoms with van der Waals surface area (Å²) in [6, 6.07) is 17.6. The van der Waals surface area contributed by atoms with E-state index < -0.39 is 6.04 Å². The molecule has 2 aromatic rings. The van der Waals surface area contributed by atoms with Crippen molar-refractivity contribution in [1.29, 1.82) is 0 Å². The number of amides is 2. The van der Waals surface area contributed by atoms with E-state index in [1.165, 1.54) is 0 Å². The largest absolute Gasteiger partial charge is 0.354 e. The Balaban J connectivity index is 1.54. The zero-order chi connectivity index (χ0) is 20.5. The highest BCUT2D eigenvalue weighted by Crippen LogP contribution is 2.14. The molecule has 0 bridgehead atoms. The first-order valence-corrected chi connectivity index (χ1v) is 10.2. The maximum atomic E-state index is 12.9. The number of rotatable bonds is 8. The minimum Gasteiger partial charge on any atom is -0.354 e. The number of nitrogens with zero attached hydrogens (tertiary/aromatic N) is 2. The molecule has 1 aliphatic rings. The normalized spacial score (nSPS) is 16.2. The summed E-state index contributed by atoms with van der Waals surface area (Å²) in [5.41, 5.74) is 1.31. The van der Waals surface area contributed by atoms with Gasteiger partial charge in [0.05, 0.1) is 0 Å². The van der Waals surface area contributed by atoms with Gasteiger partial charge in [0.15, 0.2) is 0 Å². The van der Waals surface area contributed by atoms with Crippen LogP contribution in [0.4, 0.5) is 0 Å². The van der Waals surface area contributed by atoms with Gasteiger partial charge in [0.1, 0.15) is 6.04 Å². The summed E-state index contributed by atoms with van der Waals surface area (Å²) in [7, 11) is 2.14. The maximum Gasteiger partial charge on any atom is 0.252 e. The van der Waals surface area contributed by atoms with Crippen LogP contribution in [0.15, 0.2) is 60.7 Å². The minimum absolute atomic E-state index is 0.182. The molecule has 1 atom stereocenters. The Morgan fingerprint density at radius 3 is 2.21 bits per heavy atom. The van der Waals surface area contributed by atoms with Gasteiger partial charge in [-0.1, -0.05) is 48.5 Å². The smallest absolute Gasteiger partial charge is 0.252 e. The highest BCUT2D eigenvalue weighted by atomic mass is 16.2. The van der Waals surface area contributed by atoms with Gasteiger partial charge in [-0.2, -0.15) is 0 Å². The van der Waals surface area contributed by atoms with Crippen molar-refractivity contribution in [3.05, 3.63) is 71.8 Å². The Kier molecular flexibility index (Phi) is 7.78. The van der Waals surface area contributed by atoms with Crippen molar-refractivity contribution in [1.82, 2.24) is 20.4 Å². The number of likely N-dealkylation sites (N-methyl/N-ethyl adjacent to an activating group) is 1. The molecule has 154 valence electrons. The Labute approximate surface area is 172 Å².